The van der Waals surface area contributed by atoms with Crippen LogP contribution in [0.1, 0.15) is 0 Å². The van der Waals surface area contributed by atoms with Crippen LogP contribution in [0, 0.1) is 0 Å². The van der Waals surface area contributed by atoms with Crippen molar-refractivity contribution in [3.63, 3.8) is 0 Å². The number of anilines is 1. The second-order valence-electron chi connectivity index (χ2n) is 5.66. The Morgan fingerprint density at radius 3 is 2.25 bits per heavy atom. The van der Waals surface area contributed by atoms with Crippen LogP contribution in [0.3, 0.4) is 0 Å². The third-order valence-electron chi connectivity index (χ3n) is 3.54. The Balaban J connectivity index is 1.46. The van der Waals surface area contributed by atoms with E-state index in [9.17, 15) is 4.79 Å². The molecule has 3 rings (SSSR count). The van der Waals surface area contributed by atoms with Gasteiger partial charge in [0.2, 0.25) is 0 Å². The summed E-state index contributed by atoms with van der Waals surface area (Å²) in [7, 11) is 0. The van der Waals surface area contributed by atoms with Crippen molar-refractivity contribution in [3.05, 3.63) is 83.9 Å². The van der Waals surface area contributed by atoms with Crippen LogP contribution in [0.4, 0.5) is 5.69 Å². The third kappa shape index (κ3) is 5.97. The molecular weight excluding hydrogens is 396 g/mol. The molecule has 0 aliphatic heterocycles. The van der Waals surface area contributed by atoms with Crippen LogP contribution in [0.2, 0.25) is 5.02 Å². The molecule has 0 aliphatic carbocycles. The maximum Gasteiger partial charge on any atom is 0.264 e. The Morgan fingerprint density at radius 1 is 0.893 bits per heavy atom. The van der Waals surface area contributed by atoms with Crippen molar-refractivity contribution in [1.82, 2.24) is 5.32 Å². The highest BCUT2D eigenvalue weighted by molar-refractivity contribution is 7.80. The molecule has 1 amide bonds. The van der Waals surface area contributed by atoms with Gasteiger partial charge in [0.15, 0.2) is 11.7 Å². The van der Waals surface area contributed by atoms with Crippen molar-refractivity contribution < 1.29 is 14.3 Å². The molecule has 0 aromatic heterocycles. The molecule has 5 nitrogen and oxygen atoms in total. The molecule has 0 radical (unpaired) electrons. The fraction of sp³-hybridized carbons (Fsp3) is 0.0476. The third-order valence-corrected chi connectivity index (χ3v) is 4.06. The van der Waals surface area contributed by atoms with E-state index in [-0.39, 0.29) is 17.6 Å². The fourth-order valence-electron chi connectivity index (χ4n) is 2.26. The molecule has 0 unspecified atom stereocenters. The van der Waals surface area contributed by atoms with Crippen molar-refractivity contribution in [1.29, 1.82) is 0 Å². The SMILES string of the molecule is O=C(COc1ccccc1Cl)NC(=S)Nc1ccc(Oc2ccccc2)cc1. The molecule has 0 spiro atoms. The lowest BCUT2D eigenvalue weighted by molar-refractivity contribution is -0.121. The van der Waals surface area contributed by atoms with E-state index in [0.29, 0.717) is 16.5 Å². The minimum atomic E-state index is -0.388. The summed E-state index contributed by atoms with van der Waals surface area (Å²) in [6, 6.07) is 23.6. The van der Waals surface area contributed by atoms with Crippen LogP contribution < -0.4 is 20.1 Å². The van der Waals surface area contributed by atoms with Crippen molar-refractivity contribution in [2.75, 3.05) is 11.9 Å². The van der Waals surface area contributed by atoms with E-state index >= 15 is 0 Å². The molecule has 0 aliphatic rings. The minimum Gasteiger partial charge on any atom is -0.482 e. The molecule has 7 heteroatoms. The van der Waals surface area contributed by atoms with Crippen molar-refractivity contribution in [2.24, 2.45) is 0 Å². The number of halogens is 1. The van der Waals surface area contributed by atoms with E-state index < -0.39 is 0 Å². The first-order valence-electron chi connectivity index (χ1n) is 8.41. The van der Waals surface area contributed by atoms with Crippen molar-refractivity contribution in [3.8, 4) is 17.2 Å². The van der Waals surface area contributed by atoms with Gasteiger partial charge >= 0.3 is 0 Å². The zero-order chi connectivity index (χ0) is 19.8. The molecule has 0 saturated heterocycles. The predicted octanol–water partition coefficient (Wildman–Crippen LogP) is 5.02. The van der Waals surface area contributed by atoms with Gasteiger partial charge in [-0.25, -0.2) is 0 Å². The van der Waals surface area contributed by atoms with Gasteiger partial charge in [-0.15, -0.1) is 0 Å². The maximum atomic E-state index is 12.0. The van der Waals surface area contributed by atoms with Gasteiger partial charge in [-0.1, -0.05) is 41.9 Å². The number of ether oxygens (including phenoxy) is 2. The van der Waals surface area contributed by atoms with Crippen LogP contribution in [0.5, 0.6) is 17.2 Å². The Bertz CT molecular complexity index is 949. The largest absolute Gasteiger partial charge is 0.482 e. The number of carbonyl (C=O) groups excluding carboxylic acids is 1. The van der Waals surface area contributed by atoms with Gasteiger partial charge < -0.3 is 14.8 Å². The smallest absolute Gasteiger partial charge is 0.264 e. The molecule has 2 N–H and O–H groups in total. The van der Waals surface area contributed by atoms with Gasteiger partial charge in [-0.2, -0.15) is 0 Å². The first-order valence-corrected chi connectivity index (χ1v) is 9.20. The molecule has 3 aromatic carbocycles. The second-order valence-corrected chi connectivity index (χ2v) is 6.48. The standard InChI is InChI=1S/C21H17ClN2O3S/c22-18-8-4-5-9-19(18)26-14-20(25)24-21(28)23-15-10-12-17(13-11-15)27-16-6-2-1-3-7-16/h1-13H,14H2,(H2,23,24,25,28). The van der Waals surface area contributed by atoms with Gasteiger partial charge in [0.05, 0.1) is 5.02 Å². The number of carbonyl (C=O) groups is 1. The van der Waals surface area contributed by atoms with Gasteiger partial charge in [-0.05, 0) is 60.7 Å². The number of thiocarbonyl (C=S) groups is 1. The summed E-state index contributed by atoms with van der Waals surface area (Å²) in [4.78, 5) is 12.0. The summed E-state index contributed by atoms with van der Waals surface area (Å²) in [5, 5.41) is 6.10. The highest BCUT2D eigenvalue weighted by Gasteiger charge is 2.08. The number of benzene rings is 3. The molecule has 3 aromatic rings. The number of nitrogens with one attached hydrogen (secondary N) is 2. The van der Waals surface area contributed by atoms with Crippen molar-refractivity contribution in [2.45, 2.75) is 0 Å². The lowest BCUT2D eigenvalue weighted by atomic mass is 10.3. The Hall–Kier alpha value is -3.09. The molecule has 28 heavy (non-hydrogen) atoms. The van der Waals surface area contributed by atoms with Gasteiger partial charge in [0, 0.05) is 5.69 Å². The summed E-state index contributed by atoms with van der Waals surface area (Å²) in [6.07, 6.45) is 0. The maximum absolute atomic E-state index is 12.0. The van der Waals surface area contributed by atoms with Crippen LogP contribution in [-0.2, 0) is 4.79 Å². The van der Waals surface area contributed by atoms with E-state index in [1.54, 1.807) is 48.5 Å². The minimum absolute atomic E-state index is 0.171. The Labute approximate surface area is 173 Å². The summed E-state index contributed by atoms with van der Waals surface area (Å²) in [6.45, 7) is -0.199. The number of amides is 1. The number of hydrogen-bond donors (Lipinski definition) is 2. The van der Waals surface area contributed by atoms with E-state index in [2.05, 4.69) is 10.6 Å². The lowest BCUT2D eigenvalue weighted by Crippen LogP contribution is -2.37. The van der Waals surface area contributed by atoms with Crippen LogP contribution in [0.15, 0.2) is 78.9 Å². The molecule has 0 bridgehead atoms. The highest BCUT2D eigenvalue weighted by Crippen LogP contribution is 2.23. The van der Waals surface area contributed by atoms with E-state index in [0.717, 1.165) is 11.4 Å². The highest BCUT2D eigenvalue weighted by atomic mass is 35.5. The van der Waals surface area contributed by atoms with Gasteiger partial charge in [-0.3, -0.25) is 10.1 Å². The first kappa shape index (κ1) is 19.7. The van der Waals surface area contributed by atoms with E-state index in [1.807, 2.05) is 30.3 Å². The van der Waals surface area contributed by atoms with Crippen LogP contribution >= 0.6 is 23.8 Å². The Kier molecular flexibility index (Phi) is 6.84. The number of rotatable bonds is 6. The first-order chi connectivity index (χ1) is 13.6. The van der Waals surface area contributed by atoms with Crippen LogP contribution in [0.25, 0.3) is 0 Å². The van der Waals surface area contributed by atoms with E-state index in [1.165, 1.54) is 0 Å². The predicted molar refractivity (Wildman–Crippen MR) is 114 cm³/mol. The summed E-state index contributed by atoms with van der Waals surface area (Å²) in [5.41, 5.74) is 0.720. The molecule has 0 atom stereocenters. The van der Waals surface area contributed by atoms with E-state index in [4.69, 9.17) is 33.3 Å². The monoisotopic (exact) mass is 412 g/mol. The van der Waals surface area contributed by atoms with Crippen LogP contribution in [-0.4, -0.2) is 17.6 Å². The quantitative estimate of drug-likeness (QED) is 0.556. The normalized spacial score (nSPS) is 10.0. The zero-order valence-corrected chi connectivity index (χ0v) is 16.3. The fourth-order valence-corrected chi connectivity index (χ4v) is 2.68. The zero-order valence-electron chi connectivity index (χ0n) is 14.7. The molecule has 0 heterocycles. The van der Waals surface area contributed by atoms with Gasteiger partial charge in [0.1, 0.15) is 17.2 Å². The topological polar surface area (TPSA) is 59.6 Å². The Morgan fingerprint density at radius 2 is 1.54 bits per heavy atom. The average Bonchev–Trinajstić information content (AvgIpc) is 2.69. The number of hydrogen-bond acceptors (Lipinski definition) is 4. The lowest BCUT2D eigenvalue weighted by Gasteiger charge is -2.11. The average molecular weight is 413 g/mol. The summed E-state index contributed by atoms with van der Waals surface area (Å²) < 4.78 is 11.1. The molecule has 142 valence electrons. The molecular formula is C21H17ClN2O3S. The van der Waals surface area contributed by atoms with Gasteiger partial charge in [0.25, 0.3) is 5.91 Å². The summed E-state index contributed by atoms with van der Waals surface area (Å²) in [5.74, 6) is 1.50. The van der Waals surface area contributed by atoms with Crippen molar-refractivity contribution >= 4 is 40.5 Å². The molecule has 0 saturated carbocycles. The molecule has 0 fully saturated rings. The number of para-hydroxylation sites is 2. The second kappa shape index (κ2) is 9.73. The summed E-state index contributed by atoms with van der Waals surface area (Å²) >= 11 is 11.1.